The highest BCUT2D eigenvalue weighted by Gasteiger charge is 2.08. The highest BCUT2D eigenvalue weighted by atomic mass is 16.2. The van der Waals surface area contributed by atoms with E-state index in [9.17, 15) is 4.79 Å². The smallest absolute Gasteiger partial charge is 0.234 e. The standard InChI is InChI=1S/C13H21N3O/c1-2-16(11-13(17)15-9-8-14)10-12-6-4-3-5-7-12/h3-7H,2,8-11,14H2,1H3,(H,15,17). The molecule has 1 aromatic carbocycles. The molecule has 0 aromatic heterocycles. The van der Waals surface area contributed by atoms with Crippen LogP contribution in [0, 0.1) is 0 Å². The number of hydrogen-bond acceptors (Lipinski definition) is 3. The third kappa shape index (κ3) is 5.47. The first kappa shape index (κ1) is 13.7. The molecule has 0 fully saturated rings. The Balaban J connectivity index is 2.41. The van der Waals surface area contributed by atoms with Crippen molar-refractivity contribution in [3.8, 4) is 0 Å². The molecule has 1 aromatic rings. The molecule has 0 heterocycles. The molecular weight excluding hydrogens is 214 g/mol. The van der Waals surface area contributed by atoms with Crippen LogP contribution in [0.1, 0.15) is 12.5 Å². The van der Waals surface area contributed by atoms with Gasteiger partial charge in [-0.2, -0.15) is 0 Å². The van der Waals surface area contributed by atoms with E-state index in [1.807, 2.05) is 18.2 Å². The van der Waals surface area contributed by atoms with Crippen LogP contribution in [0.3, 0.4) is 0 Å². The molecule has 17 heavy (non-hydrogen) atoms. The zero-order valence-corrected chi connectivity index (χ0v) is 10.4. The van der Waals surface area contributed by atoms with Crippen LogP contribution in [0.5, 0.6) is 0 Å². The van der Waals surface area contributed by atoms with Gasteiger partial charge in [0.25, 0.3) is 0 Å². The van der Waals surface area contributed by atoms with Gasteiger partial charge in [-0.1, -0.05) is 37.3 Å². The van der Waals surface area contributed by atoms with Gasteiger partial charge in [0.05, 0.1) is 6.54 Å². The summed E-state index contributed by atoms with van der Waals surface area (Å²) in [6.07, 6.45) is 0. The van der Waals surface area contributed by atoms with Crippen LogP contribution in [0.4, 0.5) is 0 Å². The number of nitrogens with two attached hydrogens (primary N) is 1. The molecule has 94 valence electrons. The molecule has 0 bridgehead atoms. The Morgan fingerprint density at radius 1 is 1.35 bits per heavy atom. The molecule has 4 heteroatoms. The molecule has 1 rings (SSSR count). The van der Waals surface area contributed by atoms with Gasteiger partial charge in [-0.3, -0.25) is 9.69 Å². The first-order chi connectivity index (χ1) is 8.26. The summed E-state index contributed by atoms with van der Waals surface area (Å²) in [5.41, 5.74) is 6.56. The Bertz CT molecular complexity index is 327. The van der Waals surface area contributed by atoms with E-state index in [2.05, 4.69) is 29.3 Å². The largest absolute Gasteiger partial charge is 0.354 e. The monoisotopic (exact) mass is 235 g/mol. The lowest BCUT2D eigenvalue weighted by atomic mass is 10.2. The normalized spacial score (nSPS) is 10.5. The van der Waals surface area contributed by atoms with Gasteiger partial charge in [0.2, 0.25) is 5.91 Å². The van der Waals surface area contributed by atoms with Crippen molar-refractivity contribution in [2.24, 2.45) is 5.73 Å². The van der Waals surface area contributed by atoms with E-state index >= 15 is 0 Å². The third-order valence-electron chi connectivity index (χ3n) is 2.53. The van der Waals surface area contributed by atoms with E-state index in [-0.39, 0.29) is 5.91 Å². The van der Waals surface area contributed by atoms with Crippen molar-refractivity contribution in [3.05, 3.63) is 35.9 Å². The molecule has 0 aliphatic heterocycles. The van der Waals surface area contributed by atoms with E-state index in [0.717, 1.165) is 13.1 Å². The number of benzene rings is 1. The van der Waals surface area contributed by atoms with Gasteiger partial charge >= 0.3 is 0 Å². The highest BCUT2D eigenvalue weighted by molar-refractivity contribution is 5.77. The molecule has 0 aliphatic rings. The number of carbonyl (C=O) groups excluding carboxylic acids is 1. The van der Waals surface area contributed by atoms with Crippen molar-refractivity contribution < 1.29 is 4.79 Å². The van der Waals surface area contributed by atoms with E-state index < -0.39 is 0 Å². The minimum Gasteiger partial charge on any atom is -0.354 e. The maximum absolute atomic E-state index is 11.6. The molecule has 0 spiro atoms. The van der Waals surface area contributed by atoms with Crippen LogP contribution in [0.15, 0.2) is 30.3 Å². The molecule has 4 nitrogen and oxygen atoms in total. The Kier molecular flexibility index (Phi) is 6.29. The first-order valence-electron chi connectivity index (χ1n) is 5.99. The maximum Gasteiger partial charge on any atom is 0.234 e. The molecule has 3 N–H and O–H groups in total. The van der Waals surface area contributed by atoms with Gasteiger partial charge in [0.1, 0.15) is 0 Å². The van der Waals surface area contributed by atoms with E-state index in [1.54, 1.807) is 0 Å². The predicted molar refractivity (Wildman–Crippen MR) is 69.5 cm³/mol. The number of nitrogens with one attached hydrogen (secondary N) is 1. The van der Waals surface area contributed by atoms with Gasteiger partial charge in [0, 0.05) is 19.6 Å². The fourth-order valence-electron chi connectivity index (χ4n) is 1.59. The summed E-state index contributed by atoms with van der Waals surface area (Å²) in [4.78, 5) is 13.7. The summed E-state index contributed by atoms with van der Waals surface area (Å²) < 4.78 is 0. The van der Waals surface area contributed by atoms with E-state index in [0.29, 0.717) is 19.6 Å². The van der Waals surface area contributed by atoms with Crippen molar-refractivity contribution in [1.29, 1.82) is 0 Å². The third-order valence-corrected chi connectivity index (χ3v) is 2.53. The van der Waals surface area contributed by atoms with E-state index in [4.69, 9.17) is 5.73 Å². The maximum atomic E-state index is 11.6. The lowest BCUT2D eigenvalue weighted by Crippen LogP contribution is -2.38. The average molecular weight is 235 g/mol. The summed E-state index contributed by atoms with van der Waals surface area (Å²) in [5, 5.41) is 2.78. The van der Waals surface area contributed by atoms with Crippen LogP contribution >= 0.6 is 0 Å². The van der Waals surface area contributed by atoms with E-state index in [1.165, 1.54) is 5.56 Å². The van der Waals surface area contributed by atoms with Crippen LogP contribution < -0.4 is 11.1 Å². The first-order valence-corrected chi connectivity index (χ1v) is 5.99. The fourth-order valence-corrected chi connectivity index (χ4v) is 1.59. The number of carbonyl (C=O) groups is 1. The Hall–Kier alpha value is -1.39. The second-order valence-electron chi connectivity index (χ2n) is 3.93. The van der Waals surface area contributed by atoms with Crippen LogP contribution in [-0.4, -0.2) is 37.0 Å². The van der Waals surface area contributed by atoms with Gasteiger partial charge < -0.3 is 11.1 Å². The quantitative estimate of drug-likeness (QED) is 0.727. The average Bonchev–Trinajstić information content (AvgIpc) is 2.36. The fraction of sp³-hybridized carbons (Fsp3) is 0.462. The number of amides is 1. The van der Waals surface area contributed by atoms with Crippen molar-refractivity contribution in [3.63, 3.8) is 0 Å². The summed E-state index contributed by atoms with van der Waals surface area (Å²) in [5.74, 6) is 0.0354. The molecule has 1 amide bonds. The van der Waals surface area contributed by atoms with Crippen LogP contribution in [0.2, 0.25) is 0 Å². The van der Waals surface area contributed by atoms with Crippen molar-refractivity contribution >= 4 is 5.91 Å². The SMILES string of the molecule is CCN(CC(=O)NCCN)Cc1ccccc1. The van der Waals surface area contributed by atoms with Gasteiger partial charge in [-0.25, -0.2) is 0 Å². The van der Waals surface area contributed by atoms with Crippen LogP contribution in [-0.2, 0) is 11.3 Å². The molecule has 0 atom stereocenters. The Labute approximate surface area is 103 Å². The Morgan fingerprint density at radius 3 is 2.65 bits per heavy atom. The van der Waals surface area contributed by atoms with Crippen molar-refractivity contribution in [2.45, 2.75) is 13.5 Å². The second kappa shape index (κ2) is 7.81. The molecule has 0 aliphatic carbocycles. The van der Waals surface area contributed by atoms with Gasteiger partial charge in [0.15, 0.2) is 0 Å². The number of likely N-dealkylation sites (N-methyl/N-ethyl adjacent to an activating group) is 1. The Morgan fingerprint density at radius 2 is 2.06 bits per heavy atom. The second-order valence-corrected chi connectivity index (χ2v) is 3.93. The summed E-state index contributed by atoms with van der Waals surface area (Å²) >= 11 is 0. The molecule has 0 unspecified atom stereocenters. The predicted octanol–water partition coefficient (Wildman–Crippen LogP) is 0.583. The minimum atomic E-state index is 0.0354. The van der Waals surface area contributed by atoms with Gasteiger partial charge in [-0.05, 0) is 12.1 Å². The molecule has 0 radical (unpaired) electrons. The minimum absolute atomic E-state index is 0.0354. The highest BCUT2D eigenvalue weighted by Crippen LogP contribution is 2.03. The molecule has 0 saturated carbocycles. The van der Waals surface area contributed by atoms with Gasteiger partial charge in [-0.15, -0.1) is 0 Å². The number of hydrogen-bond donors (Lipinski definition) is 2. The summed E-state index contributed by atoms with van der Waals surface area (Å²) in [6, 6.07) is 10.2. The number of nitrogens with zero attached hydrogens (tertiary/aromatic N) is 1. The zero-order chi connectivity index (χ0) is 12.5. The molecular formula is C13H21N3O. The zero-order valence-electron chi connectivity index (χ0n) is 10.4. The molecule has 0 saturated heterocycles. The van der Waals surface area contributed by atoms with Crippen LogP contribution in [0.25, 0.3) is 0 Å². The number of rotatable bonds is 7. The lowest BCUT2D eigenvalue weighted by Gasteiger charge is -2.19. The summed E-state index contributed by atoms with van der Waals surface area (Å²) in [6.45, 7) is 5.15. The van der Waals surface area contributed by atoms with Crippen molar-refractivity contribution in [2.75, 3.05) is 26.2 Å². The van der Waals surface area contributed by atoms with Crippen molar-refractivity contribution in [1.82, 2.24) is 10.2 Å². The summed E-state index contributed by atoms with van der Waals surface area (Å²) in [7, 11) is 0. The lowest BCUT2D eigenvalue weighted by molar-refractivity contribution is -0.122. The topological polar surface area (TPSA) is 58.4 Å².